The van der Waals surface area contributed by atoms with Crippen LogP contribution in [-0.4, -0.2) is 25.2 Å². The minimum Gasteiger partial charge on any atom is -0.492 e. The van der Waals surface area contributed by atoms with Gasteiger partial charge in [-0.05, 0) is 37.5 Å². The van der Waals surface area contributed by atoms with Gasteiger partial charge in [0.15, 0.2) is 0 Å². The molecule has 1 aromatic rings. The van der Waals surface area contributed by atoms with E-state index in [1.807, 2.05) is 19.1 Å². The molecule has 1 aromatic carbocycles. The first-order chi connectivity index (χ1) is 8.04. The molecule has 0 aromatic heterocycles. The van der Waals surface area contributed by atoms with Gasteiger partial charge in [-0.25, -0.2) is 4.79 Å². The Bertz CT molecular complexity index is 438. The smallest absolute Gasteiger partial charge is 0.338 e. The van der Waals surface area contributed by atoms with E-state index in [4.69, 9.17) is 15.2 Å². The third-order valence-electron chi connectivity index (χ3n) is 3.03. The first-order valence-electron chi connectivity index (χ1n) is 5.65. The Balaban J connectivity index is 2.10. The van der Waals surface area contributed by atoms with E-state index in [-0.39, 0.29) is 11.5 Å². The second kappa shape index (κ2) is 4.37. The highest BCUT2D eigenvalue weighted by Crippen LogP contribution is 2.32. The maximum atomic E-state index is 11.5. The molecule has 2 N–H and O–H groups in total. The molecule has 0 atom stereocenters. The van der Waals surface area contributed by atoms with E-state index >= 15 is 0 Å². The summed E-state index contributed by atoms with van der Waals surface area (Å²) in [7, 11) is 1.37. The predicted octanol–water partition coefficient (Wildman–Crippen LogP) is 1.65. The van der Waals surface area contributed by atoms with E-state index in [0.717, 1.165) is 18.4 Å². The Morgan fingerprint density at radius 2 is 2.18 bits per heavy atom. The summed E-state index contributed by atoms with van der Waals surface area (Å²) in [5.74, 6) is 0.314. The lowest BCUT2D eigenvalue weighted by atomic mass is 10.1. The topological polar surface area (TPSA) is 61.5 Å². The van der Waals surface area contributed by atoms with Crippen LogP contribution in [0.2, 0.25) is 0 Å². The van der Waals surface area contributed by atoms with Gasteiger partial charge in [0.2, 0.25) is 0 Å². The van der Waals surface area contributed by atoms with Gasteiger partial charge in [-0.1, -0.05) is 6.07 Å². The van der Waals surface area contributed by atoms with Crippen LogP contribution in [0.1, 0.15) is 28.8 Å². The summed E-state index contributed by atoms with van der Waals surface area (Å²) in [6.45, 7) is 2.36. The summed E-state index contributed by atoms with van der Waals surface area (Å²) < 4.78 is 10.3. The Labute approximate surface area is 101 Å². The normalized spacial score (nSPS) is 16.4. The van der Waals surface area contributed by atoms with Crippen LogP contribution < -0.4 is 10.5 Å². The van der Waals surface area contributed by atoms with Crippen molar-refractivity contribution < 1.29 is 14.3 Å². The number of rotatable bonds is 4. The van der Waals surface area contributed by atoms with Crippen LogP contribution in [0.5, 0.6) is 5.75 Å². The van der Waals surface area contributed by atoms with Crippen molar-refractivity contribution in [3.8, 4) is 5.75 Å². The van der Waals surface area contributed by atoms with Crippen LogP contribution in [0.15, 0.2) is 18.2 Å². The zero-order chi connectivity index (χ0) is 12.5. The Hall–Kier alpha value is -1.55. The lowest BCUT2D eigenvalue weighted by Gasteiger charge is -2.12. The number of ether oxygens (including phenoxy) is 2. The van der Waals surface area contributed by atoms with Gasteiger partial charge >= 0.3 is 5.97 Å². The molecule has 17 heavy (non-hydrogen) atoms. The van der Waals surface area contributed by atoms with Crippen LogP contribution in [0, 0.1) is 6.92 Å². The first-order valence-corrected chi connectivity index (χ1v) is 5.65. The van der Waals surface area contributed by atoms with E-state index in [0.29, 0.717) is 17.9 Å². The number of hydrogen-bond acceptors (Lipinski definition) is 4. The van der Waals surface area contributed by atoms with Crippen molar-refractivity contribution in [1.82, 2.24) is 0 Å². The molecule has 0 heterocycles. The molecule has 1 aliphatic carbocycles. The third-order valence-corrected chi connectivity index (χ3v) is 3.03. The number of esters is 1. The minimum absolute atomic E-state index is 0.156. The monoisotopic (exact) mass is 235 g/mol. The summed E-state index contributed by atoms with van der Waals surface area (Å²) in [4.78, 5) is 11.5. The lowest BCUT2D eigenvalue weighted by molar-refractivity contribution is 0.0599. The van der Waals surface area contributed by atoms with Crippen molar-refractivity contribution in [2.45, 2.75) is 25.3 Å². The minimum atomic E-state index is -0.346. The molecule has 0 amide bonds. The van der Waals surface area contributed by atoms with Crippen molar-refractivity contribution in [2.24, 2.45) is 5.73 Å². The number of methoxy groups -OCH3 is 1. The fourth-order valence-electron chi connectivity index (χ4n) is 1.55. The first kappa shape index (κ1) is 11.9. The molecule has 1 fully saturated rings. The van der Waals surface area contributed by atoms with E-state index < -0.39 is 0 Å². The summed E-state index contributed by atoms with van der Waals surface area (Å²) in [5.41, 5.74) is 7.18. The number of carbonyl (C=O) groups excluding carboxylic acids is 1. The molecule has 0 aliphatic heterocycles. The number of carbonyl (C=O) groups is 1. The van der Waals surface area contributed by atoms with Gasteiger partial charge < -0.3 is 15.2 Å². The maximum Gasteiger partial charge on any atom is 0.338 e. The van der Waals surface area contributed by atoms with E-state index in [1.165, 1.54) is 7.11 Å². The summed E-state index contributed by atoms with van der Waals surface area (Å²) in [5, 5.41) is 0. The third kappa shape index (κ3) is 2.77. The number of hydrogen-bond donors (Lipinski definition) is 1. The van der Waals surface area contributed by atoms with Crippen molar-refractivity contribution in [1.29, 1.82) is 0 Å². The van der Waals surface area contributed by atoms with Gasteiger partial charge in [0.05, 0.1) is 18.2 Å². The molecular formula is C13H17NO3. The second-order valence-corrected chi connectivity index (χ2v) is 4.62. The highest BCUT2D eigenvalue weighted by molar-refractivity contribution is 5.91. The van der Waals surface area contributed by atoms with Gasteiger partial charge in [-0.2, -0.15) is 0 Å². The van der Waals surface area contributed by atoms with Gasteiger partial charge in [0, 0.05) is 0 Å². The molecule has 0 bridgehead atoms. The van der Waals surface area contributed by atoms with Crippen LogP contribution >= 0.6 is 0 Å². The Morgan fingerprint density at radius 3 is 2.76 bits per heavy atom. The summed E-state index contributed by atoms with van der Waals surface area (Å²) >= 11 is 0. The molecule has 0 unspecified atom stereocenters. The highest BCUT2D eigenvalue weighted by Gasteiger charge is 2.39. The highest BCUT2D eigenvalue weighted by atomic mass is 16.5. The molecule has 4 nitrogen and oxygen atoms in total. The fraction of sp³-hybridized carbons (Fsp3) is 0.462. The zero-order valence-electron chi connectivity index (χ0n) is 10.2. The zero-order valence-corrected chi connectivity index (χ0v) is 10.2. The maximum absolute atomic E-state index is 11.5. The van der Waals surface area contributed by atoms with Gasteiger partial charge in [0.25, 0.3) is 0 Å². The Kier molecular flexibility index (Phi) is 3.07. The number of aryl methyl sites for hydroxylation is 1. The summed E-state index contributed by atoms with van der Waals surface area (Å²) in [6, 6.07) is 5.39. The van der Waals surface area contributed by atoms with Crippen molar-refractivity contribution in [3.05, 3.63) is 29.3 Å². The number of benzene rings is 1. The lowest BCUT2D eigenvalue weighted by Crippen LogP contribution is -2.29. The van der Waals surface area contributed by atoms with Gasteiger partial charge in [-0.15, -0.1) is 0 Å². The molecule has 0 spiro atoms. The van der Waals surface area contributed by atoms with Crippen molar-refractivity contribution in [2.75, 3.05) is 13.7 Å². The SMILES string of the molecule is COC(=O)c1cc(OCC2(N)CC2)ccc1C. The summed E-state index contributed by atoms with van der Waals surface area (Å²) in [6.07, 6.45) is 2.01. The van der Waals surface area contributed by atoms with Gasteiger partial charge in [-0.3, -0.25) is 0 Å². The molecule has 0 radical (unpaired) electrons. The standard InChI is InChI=1S/C13H17NO3/c1-9-3-4-10(7-11(9)12(15)16-2)17-8-13(14)5-6-13/h3-4,7H,5-6,8,14H2,1-2H3. The van der Waals surface area contributed by atoms with Crippen molar-refractivity contribution in [3.63, 3.8) is 0 Å². The molecule has 1 saturated carbocycles. The van der Waals surface area contributed by atoms with Crippen LogP contribution in [-0.2, 0) is 4.74 Å². The van der Waals surface area contributed by atoms with Crippen LogP contribution in [0.3, 0.4) is 0 Å². The molecule has 92 valence electrons. The van der Waals surface area contributed by atoms with Crippen molar-refractivity contribution >= 4 is 5.97 Å². The largest absolute Gasteiger partial charge is 0.492 e. The van der Waals surface area contributed by atoms with E-state index in [9.17, 15) is 4.79 Å². The number of nitrogens with two attached hydrogens (primary N) is 1. The van der Waals surface area contributed by atoms with Crippen LogP contribution in [0.4, 0.5) is 0 Å². The average molecular weight is 235 g/mol. The average Bonchev–Trinajstić information content (AvgIpc) is 3.06. The molecule has 4 heteroatoms. The molecule has 2 rings (SSSR count). The fourth-order valence-corrected chi connectivity index (χ4v) is 1.55. The molecular weight excluding hydrogens is 218 g/mol. The second-order valence-electron chi connectivity index (χ2n) is 4.62. The van der Waals surface area contributed by atoms with Gasteiger partial charge in [0.1, 0.15) is 12.4 Å². The van der Waals surface area contributed by atoms with Crippen LogP contribution in [0.25, 0.3) is 0 Å². The molecule has 1 aliphatic rings. The Morgan fingerprint density at radius 1 is 1.47 bits per heavy atom. The van der Waals surface area contributed by atoms with E-state index in [1.54, 1.807) is 6.07 Å². The van der Waals surface area contributed by atoms with E-state index in [2.05, 4.69) is 0 Å². The quantitative estimate of drug-likeness (QED) is 0.806. The predicted molar refractivity (Wildman–Crippen MR) is 64.2 cm³/mol. The molecule has 0 saturated heterocycles.